The van der Waals surface area contributed by atoms with Crippen LogP contribution in [0.15, 0.2) is 18.2 Å². The minimum absolute atomic E-state index is 0.251. The molecule has 2 amide bonds. The molecule has 0 aliphatic rings. The number of halogens is 4. The summed E-state index contributed by atoms with van der Waals surface area (Å²) in [5.74, 6) is -1.88. The summed E-state index contributed by atoms with van der Waals surface area (Å²) in [5, 5.41) is 1.80. The van der Waals surface area contributed by atoms with Crippen LogP contribution in [-0.4, -0.2) is 17.9 Å². The van der Waals surface area contributed by atoms with E-state index in [2.05, 4.69) is 5.32 Å². The van der Waals surface area contributed by atoms with Gasteiger partial charge in [-0.15, -0.1) is 0 Å². The highest BCUT2D eigenvalue weighted by Gasteiger charge is 2.34. The van der Waals surface area contributed by atoms with Crippen LogP contribution in [0.4, 0.5) is 13.2 Å². The summed E-state index contributed by atoms with van der Waals surface area (Å²) in [7, 11) is 0. The number of nitrogens with two attached hydrogens (primary N) is 1. The Morgan fingerprint density at radius 2 is 1.86 bits per heavy atom. The van der Waals surface area contributed by atoms with Crippen molar-refractivity contribution >= 4 is 23.4 Å². The summed E-state index contributed by atoms with van der Waals surface area (Å²) in [6.45, 7) is 3.30. The number of rotatable bonds is 4. The smallest absolute Gasteiger partial charge is 0.368 e. The lowest BCUT2D eigenvalue weighted by Crippen LogP contribution is -2.47. The number of benzene rings is 1. The van der Waals surface area contributed by atoms with Crippen molar-refractivity contribution in [3.8, 4) is 0 Å². The van der Waals surface area contributed by atoms with E-state index in [9.17, 15) is 22.8 Å². The van der Waals surface area contributed by atoms with Gasteiger partial charge >= 0.3 is 6.18 Å². The van der Waals surface area contributed by atoms with Gasteiger partial charge in [0.25, 0.3) is 5.91 Å². The number of carbonyl (C=O) groups is 2. The lowest BCUT2D eigenvalue weighted by atomic mass is 10.0. The average Bonchev–Trinajstić information content (AvgIpc) is 2.33. The monoisotopic (exact) mass is 322 g/mol. The van der Waals surface area contributed by atoms with Crippen molar-refractivity contribution in [2.24, 2.45) is 11.7 Å². The maximum absolute atomic E-state index is 12.7. The molecule has 1 atom stereocenters. The zero-order valence-electron chi connectivity index (χ0n) is 11.3. The van der Waals surface area contributed by atoms with Gasteiger partial charge in [-0.05, 0) is 24.1 Å². The fraction of sp³-hybridized carbons (Fsp3) is 0.385. The molecule has 0 aliphatic carbocycles. The number of hydrogen-bond acceptors (Lipinski definition) is 2. The fourth-order valence-corrected chi connectivity index (χ4v) is 1.90. The standard InChI is InChI=1S/C13H14ClF3N2O2/c1-6(2)10(11(18)20)19-12(21)7-3-4-9(14)8(5-7)13(15,16)17/h3-6,10H,1-2H3,(H2,18,20)(H,19,21)/t10-/m1/s1. The number of hydrogen-bond donors (Lipinski definition) is 2. The van der Waals surface area contributed by atoms with E-state index in [0.29, 0.717) is 6.07 Å². The molecule has 1 aromatic carbocycles. The molecule has 0 bridgehead atoms. The minimum atomic E-state index is -4.67. The third-order valence-electron chi connectivity index (χ3n) is 2.79. The van der Waals surface area contributed by atoms with E-state index in [1.54, 1.807) is 13.8 Å². The molecule has 4 nitrogen and oxygen atoms in total. The topological polar surface area (TPSA) is 72.2 Å². The molecule has 21 heavy (non-hydrogen) atoms. The van der Waals surface area contributed by atoms with Crippen molar-refractivity contribution in [1.82, 2.24) is 5.32 Å². The maximum Gasteiger partial charge on any atom is 0.417 e. The molecule has 0 saturated heterocycles. The zero-order chi connectivity index (χ0) is 16.4. The Kier molecular flexibility index (Phi) is 5.22. The molecular weight excluding hydrogens is 309 g/mol. The van der Waals surface area contributed by atoms with E-state index >= 15 is 0 Å². The largest absolute Gasteiger partial charge is 0.417 e. The van der Waals surface area contributed by atoms with E-state index in [-0.39, 0.29) is 11.5 Å². The first-order chi connectivity index (χ1) is 9.54. The summed E-state index contributed by atoms with van der Waals surface area (Å²) in [6.07, 6.45) is -4.67. The van der Waals surface area contributed by atoms with Gasteiger partial charge in [0, 0.05) is 5.56 Å². The second-order valence-corrected chi connectivity index (χ2v) is 5.20. The predicted octanol–water partition coefficient (Wildman–Crippen LogP) is 2.60. The zero-order valence-corrected chi connectivity index (χ0v) is 12.0. The molecule has 0 fully saturated rings. The SMILES string of the molecule is CC(C)[C@@H](NC(=O)c1ccc(Cl)c(C(F)(F)F)c1)C(N)=O. The molecule has 1 rings (SSSR count). The Morgan fingerprint density at radius 3 is 2.29 bits per heavy atom. The summed E-state index contributed by atoms with van der Waals surface area (Å²) in [6, 6.07) is 1.79. The first-order valence-corrected chi connectivity index (χ1v) is 6.38. The van der Waals surface area contributed by atoms with Crippen LogP contribution in [0.25, 0.3) is 0 Å². The molecule has 116 valence electrons. The first-order valence-electron chi connectivity index (χ1n) is 6.01. The molecule has 0 spiro atoms. The molecule has 0 heterocycles. The Labute approximate surface area is 124 Å². The molecule has 0 aliphatic heterocycles. The van der Waals surface area contributed by atoms with Gasteiger partial charge in [-0.2, -0.15) is 13.2 Å². The van der Waals surface area contributed by atoms with E-state index in [4.69, 9.17) is 17.3 Å². The molecule has 3 N–H and O–H groups in total. The van der Waals surface area contributed by atoms with Crippen molar-refractivity contribution in [3.05, 3.63) is 34.3 Å². The van der Waals surface area contributed by atoms with Crippen molar-refractivity contribution in [2.75, 3.05) is 0 Å². The van der Waals surface area contributed by atoms with Crippen molar-refractivity contribution in [1.29, 1.82) is 0 Å². The Bertz CT molecular complexity index is 559. The number of carbonyl (C=O) groups excluding carboxylic acids is 2. The van der Waals surface area contributed by atoms with Crippen LogP contribution < -0.4 is 11.1 Å². The molecule has 0 radical (unpaired) electrons. The fourth-order valence-electron chi connectivity index (χ4n) is 1.67. The highest BCUT2D eigenvalue weighted by Crippen LogP contribution is 2.35. The summed E-state index contributed by atoms with van der Waals surface area (Å²) < 4.78 is 38.2. The quantitative estimate of drug-likeness (QED) is 0.894. The van der Waals surface area contributed by atoms with E-state index < -0.39 is 34.6 Å². The Balaban J connectivity index is 3.06. The number of nitrogens with one attached hydrogen (secondary N) is 1. The van der Waals surface area contributed by atoms with Crippen LogP contribution in [0.3, 0.4) is 0 Å². The van der Waals surface area contributed by atoms with E-state index in [1.165, 1.54) is 0 Å². The van der Waals surface area contributed by atoms with Crippen LogP contribution in [0.5, 0.6) is 0 Å². The molecule has 1 aromatic rings. The highest BCUT2D eigenvalue weighted by molar-refractivity contribution is 6.31. The summed E-state index contributed by atoms with van der Waals surface area (Å²) >= 11 is 5.47. The predicted molar refractivity (Wildman–Crippen MR) is 71.7 cm³/mol. The van der Waals surface area contributed by atoms with Gasteiger partial charge in [-0.25, -0.2) is 0 Å². The van der Waals surface area contributed by atoms with Crippen molar-refractivity contribution in [2.45, 2.75) is 26.1 Å². The van der Waals surface area contributed by atoms with Crippen molar-refractivity contribution in [3.63, 3.8) is 0 Å². The Morgan fingerprint density at radius 1 is 1.29 bits per heavy atom. The first kappa shape index (κ1) is 17.3. The second kappa shape index (κ2) is 6.34. The number of amides is 2. The van der Waals surface area contributed by atoms with Crippen LogP contribution in [-0.2, 0) is 11.0 Å². The lowest BCUT2D eigenvalue weighted by Gasteiger charge is -2.19. The summed E-state index contributed by atoms with van der Waals surface area (Å²) in [4.78, 5) is 23.1. The average molecular weight is 323 g/mol. The summed E-state index contributed by atoms with van der Waals surface area (Å²) in [5.41, 5.74) is 3.77. The van der Waals surface area contributed by atoms with Crippen molar-refractivity contribution < 1.29 is 22.8 Å². The number of primary amides is 1. The third kappa shape index (κ3) is 4.35. The lowest BCUT2D eigenvalue weighted by molar-refractivity contribution is -0.137. The van der Waals surface area contributed by atoms with E-state index in [1.807, 2.05) is 0 Å². The third-order valence-corrected chi connectivity index (χ3v) is 3.12. The van der Waals surface area contributed by atoms with Gasteiger partial charge in [0.05, 0.1) is 10.6 Å². The van der Waals surface area contributed by atoms with Crippen LogP contribution in [0.1, 0.15) is 29.8 Å². The minimum Gasteiger partial charge on any atom is -0.368 e. The van der Waals surface area contributed by atoms with Gasteiger partial charge in [-0.3, -0.25) is 9.59 Å². The van der Waals surface area contributed by atoms with Crippen LogP contribution in [0, 0.1) is 5.92 Å². The van der Waals surface area contributed by atoms with Gasteiger partial charge in [0.1, 0.15) is 6.04 Å². The van der Waals surface area contributed by atoms with Gasteiger partial charge in [-0.1, -0.05) is 25.4 Å². The molecule has 0 unspecified atom stereocenters. The normalized spacial score (nSPS) is 13.1. The second-order valence-electron chi connectivity index (χ2n) is 4.79. The molecule has 8 heteroatoms. The van der Waals surface area contributed by atoms with Gasteiger partial charge in [0.15, 0.2) is 0 Å². The molecule has 0 aromatic heterocycles. The van der Waals surface area contributed by atoms with Crippen LogP contribution >= 0.6 is 11.6 Å². The molecular formula is C13H14ClF3N2O2. The van der Waals surface area contributed by atoms with Crippen LogP contribution in [0.2, 0.25) is 5.02 Å². The maximum atomic E-state index is 12.7. The van der Waals surface area contributed by atoms with E-state index in [0.717, 1.165) is 12.1 Å². The number of alkyl halides is 3. The Hall–Kier alpha value is -1.76. The highest BCUT2D eigenvalue weighted by atomic mass is 35.5. The molecule has 0 saturated carbocycles. The van der Waals surface area contributed by atoms with Gasteiger partial charge < -0.3 is 11.1 Å². The van der Waals surface area contributed by atoms with Gasteiger partial charge in [0.2, 0.25) is 5.91 Å².